The molecule has 182 valence electrons. The number of aromatic nitrogens is 3. The van der Waals surface area contributed by atoms with Crippen molar-refractivity contribution in [2.45, 2.75) is 13.5 Å². The minimum atomic E-state index is -0.647. The quantitative estimate of drug-likeness (QED) is 0.144. The van der Waals surface area contributed by atoms with E-state index in [0.29, 0.717) is 18.4 Å². The predicted molar refractivity (Wildman–Crippen MR) is 130 cm³/mol. The smallest absolute Gasteiger partial charge is 0.323 e. The molecule has 13 nitrogen and oxygen atoms in total. The van der Waals surface area contributed by atoms with Crippen LogP contribution in [-0.4, -0.2) is 53.3 Å². The Morgan fingerprint density at radius 3 is 2.49 bits per heavy atom. The molecule has 0 amide bonds. The molecular weight excluding hydrogens is 456 g/mol. The van der Waals surface area contributed by atoms with Gasteiger partial charge in [-0.25, -0.2) is 5.43 Å². The molecule has 0 saturated carbocycles. The lowest BCUT2D eigenvalue weighted by atomic mass is 10.1. The third-order valence-electron chi connectivity index (χ3n) is 4.45. The summed E-state index contributed by atoms with van der Waals surface area (Å²) in [6.45, 7) is 1.69. The molecule has 0 aliphatic heterocycles. The Balaban J connectivity index is 1.84. The lowest BCUT2D eigenvalue weighted by Crippen LogP contribution is -2.16. The molecule has 0 unspecified atom stereocenters. The highest BCUT2D eigenvalue weighted by atomic mass is 16.6. The van der Waals surface area contributed by atoms with Gasteiger partial charge in [0.25, 0.3) is 0 Å². The second-order valence-corrected chi connectivity index (χ2v) is 7.27. The van der Waals surface area contributed by atoms with E-state index in [1.807, 2.05) is 30.3 Å². The number of hydrogen-bond donors (Lipinski definition) is 2. The minimum Gasteiger partial charge on any atom is -0.488 e. The number of nitro benzene ring substituents is 1. The normalized spacial score (nSPS) is 10.6. The van der Waals surface area contributed by atoms with Crippen molar-refractivity contribution in [2.24, 2.45) is 5.10 Å². The number of nitro groups is 1. The Labute approximate surface area is 201 Å². The van der Waals surface area contributed by atoms with E-state index in [1.165, 1.54) is 32.4 Å². The van der Waals surface area contributed by atoms with Crippen LogP contribution in [0.1, 0.15) is 18.1 Å². The Morgan fingerprint density at radius 1 is 1.14 bits per heavy atom. The van der Waals surface area contributed by atoms with Crippen molar-refractivity contribution in [2.75, 3.05) is 36.8 Å². The highest BCUT2D eigenvalue weighted by molar-refractivity contribution is 5.89. The Bertz CT molecular complexity index is 1230. The maximum absolute atomic E-state index is 11.7. The summed E-state index contributed by atoms with van der Waals surface area (Å²) in [5.41, 5.74) is 3.42. The van der Waals surface area contributed by atoms with Gasteiger partial charge in [-0.1, -0.05) is 30.3 Å². The first kappa shape index (κ1) is 24.8. The number of hydrazone groups is 1. The molecule has 0 radical (unpaired) electrons. The number of nitrogens with one attached hydrogen (secondary N) is 2. The summed E-state index contributed by atoms with van der Waals surface area (Å²) in [5.74, 6) is -0.0727. The van der Waals surface area contributed by atoms with Gasteiger partial charge in [0.15, 0.2) is 5.75 Å². The third-order valence-corrected chi connectivity index (χ3v) is 4.45. The zero-order chi connectivity index (χ0) is 25.4. The number of esters is 1. The first-order chi connectivity index (χ1) is 16.8. The number of hydrogen-bond acceptors (Lipinski definition) is 12. The molecule has 1 heterocycles. The lowest BCUT2D eigenvalue weighted by Gasteiger charge is -2.13. The van der Waals surface area contributed by atoms with E-state index in [0.717, 1.165) is 5.56 Å². The SMILES string of the molecule is COc1c(OC(C)=O)ccc(/C=N\Nc2nc(NCc3ccccc3)nc(N(C)C)n2)c1[N+](=O)[O-]. The molecule has 3 rings (SSSR count). The fraction of sp³-hybridized carbons (Fsp3) is 0.227. The van der Waals surface area contributed by atoms with Crippen LogP contribution in [0.5, 0.6) is 11.5 Å². The molecule has 2 aromatic carbocycles. The third kappa shape index (κ3) is 6.60. The summed E-state index contributed by atoms with van der Waals surface area (Å²) in [6, 6.07) is 12.5. The molecule has 0 fully saturated rings. The molecule has 2 N–H and O–H groups in total. The van der Waals surface area contributed by atoms with E-state index in [9.17, 15) is 14.9 Å². The number of nitrogens with zero attached hydrogens (tertiary/aromatic N) is 6. The molecule has 35 heavy (non-hydrogen) atoms. The zero-order valence-electron chi connectivity index (χ0n) is 19.6. The van der Waals surface area contributed by atoms with Crippen LogP contribution in [0.2, 0.25) is 0 Å². The first-order valence-corrected chi connectivity index (χ1v) is 10.3. The van der Waals surface area contributed by atoms with Crippen molar-refractivity contribution in [1.29, 1.82) is 0 Å². The van der Waals surface area contributed by atoms with Crippen LogP contribution in [0.25, 0.3) is 0 Å². The second-order valence-electron chi connectivity index (χ2n) is 7.27. The number of carbonyl (C=O) groups excluding carboxylic acids is 1. The average Bonchev–Trinajstić information content (AvgIpc) is 2.83. The molecule has 1 aromatic heterocycles. The van der Waals surface area contributed by atoms with Crippen molar-refractivity contribution >= 4 is 35.7 Å². The molecule has 0 spiro atoms. The fourth-order valence-corrected chi connectivity index (χ4v) is 2.92. The van der Waals surface area contributed by atoms with Gasteiger partial charge in [-0.15, -0.1) is 0 Å². The minimum absolute atomic E-state index is 0.0703. The van der Waals surface area contributed by atoms with Crippen molar-refractivity contribution in [3.05, 3.63) is 63.7 Å². The van der Waals surface area contributed by atoms with Gasteiger partial charge in [0, 0.05) is 27.6 Å². The molecular formula is C22H24N8O5. The van der Waals surface area contributed by atoms with Crippen molar-refractivity contribution in [3.8, 4) is 11.5 Å². The average molecular weight is 480 g/mol. The largest absolute Gasteiger partial charge is 0.488 e. The van der Waals surface area contributed by atoms with E-state index >= 15 is 0 Å². The number of carbonyl (C=O) groups is 1. The monoisotopic (exact) mass is 480 g/mol. The number of benzene rings is 2. The molecule has 0 saturated heterocycles. The van der Waals surface area contributed by atoms with E-state index in [-0.39, 0.29) is 23.0 Å². The molecule has 0 bridgehead atoms. The number of methoxy groups -OCH3 is 1. The molecule has 0 aliphatic carbocycles. The summed E-state index contributed by atoms with van der Waals surface area (Å²) < 4.78 is 10.1. The molecule has 0 aliphatic rings. The van der Waals surface area contributed by atoms with Crippen LogP contribution >= 0.6 is 0 Å². The van der Waals surface area contributed by atoms with Gasteiger partial charge in [-0.2, -0.15) is 20.1 Å². The van der Waals surface area contributed by atoms with Crippen LogP contribution in [-0.2, 0) is 11.3 Å². The number of rotatable bonds is 10. The van der Waals surface area contributed by atoms with Gasteiger partial charge < -0.3 is 19.7 Å². The Morgan fingerprint density at radius 2 is 1.86 bits per heavy atom. The summed E-state index contributed by atoms with van der Waals surface area (Å²) in [7, 11) is 4.80. The number of ether oxygens (including phenoxy) is 2. The van der Waals surface area contributed by atoms with Crippen LogP contribution < -0.4 is 25.1 Å². The standard InChI is InChI=1S/C22H24N8O5/c1-14(31)35-17-11-10-16(18(30(32)33)19(17)34-4)13-24-28-21-25-20(26-22(27-21)29(2)3)23-12-15-8-6-5-7-9-15/h5-11,13H,12H2,1-4H3,(H2,23,25,26,27,28)/b24-13-. The lowest BCUT2D eigenvalue weighted by molar-refractivity contribution is -0.385. The molecule has 3 aromatic rings. The van der Waals surface area contributed by atoms with E-state index in [4.69, 9.17) is 9.47 Å². The summed E-state index contributed by atoms with van der Waals surface area (Å²) in [5, 5.41) is 18.9. The summed E-state index contributed by atoms with van der Waals surface area (Å²) >= 11 is 0. The zero-order valence-corrected chi connectivity index (χ0v) is 19.6. The van der Waals surface area contributed by atoms with E-state index < -0.39 is 16.6 Å². The summed E-state index contributed by atoms with van der Waals surface area (Å²) in [6.07, 6.45) is 1.22. The Hall–Kier alpha value is -4.81. The van der Waals surface area contributed by atoms with Gasteiger partial charge in [0.2, 0.25) is 23.6 Å². The van der Waals surface area contributed by atoms with Gasteiger partial charge >= 0.3 is 11.7 Å². The first-order valence-electron chi connectivity index (χ1n) is 10.3. The van der Waals surface area contributed by atoms with Crippen LogP contribution in [0.3, 0.4) is 0 Å². The van der Waals surface area contributed by atoms with Gasteiger partial charge in [-0.3, -0.25) is 14.9 Å². The number of anilines is 3. The Kier molecular flexibility index (Phi) is 8.06. The van der Waals surface area contributed by atoms with Crippen LogP contribution in [0.15, 0.2) is 47.6 Å². The highest BCUT2D eigenvalue weighted by Gasteiger charge is 2.25. The maximum atomic E-state index is 11.7. The second kappa shape index (κ2) is 11.4. The predicted octanol–water partition coefficient (Wildman–Crippen LogP) is 2.84. The van der Waals surface area contributed by atoms with E-state index in [1.54, 1.807) is 19.0 Å². The fourth-order valence-electron chi connectivity index (χ4n) is 2.92. The molecule has 0 atom stereocenters. The van der Waals surface area contributed by atoms with Gasteiger partial charge in [0.05, 0.1) is 23.8 Å². The van der Waals surface area contributed by atoms with Crippen LogP contribution in [0, 0.1) is 10.1 Å². The van der Waals surface area contributed by atoms with Crippen molar-refractivity contribution in [1.82, 2.24) is 15.0 Å². The van der Waals surface area contributed by atoms with E-state index in [2.05, 4.69) is 30.8 Å². The highest BCUT2D eigenvalue weighted by Crippen LogP contribution is 2.39. The molecule has 13 heteroatoms. The van der Waals surface area contributed by atoms with Crippen LogP contribution in [0.4, 0.5) is 23.5 Å². The van der Waals surface area contributed by atoms with Crippen molar-refractivity contribution < 1.29 is 19.2 Å². The summed E-state index contributed by atoms with van der Waals surface area (Å²) in [4.78, 5) is 37.0. The van der Waals surface area contributed by atoms with Gasteiger partial charge in [-0.05, 0) is 17.7 Å². The van der Waals surface area contributed by atoms with Gasteiger partial charge in [0.1, 0.15) is 0 Å². The van der Waals surface area contributed by atoms with Crippen molar-refractivity contribution in [3.63, 3.8) is 0 Å². The topological polar surface area (TPSA) is 157 Å². The maximum Gasteiger partial charge on any atom is 0.323 e.